The van der Waals surface area contributed by atoms with E-state index in [1.54, 1.807) is 6.07 Å². The second-order valence-corrected chi connectivity index (χ2v) is 7.47. The molecule has 2 rings (SSSR count). The number of thiophene rings is 1. The molecular formula is C13H17Cl2NOS. The Kier molecular flexibility index (Phi) is 4.70. The van der Waals surface area contributed by atoms with Gasteiger partial charge in [-0.15, -0.1) is 11.3 Å². The predicted octanol–water partition coefficient (Wildman–Crippen LogP) is 4.22. The van der Waals surface area contributed by atoms with Crippen molar-refractivity contribution in [3.05, 3.63) is 20.3 Å². The summed E-state index contributed by atoms with van der Waals surface area (Å²) in [4.78, 5) is 14.4. The molecular weight excluding hydrogens is 289 g/mol. The molecule has 100 valence electrons. The molecule has 0 aliphatic carbocycles. The number of hydrogen-bond acceptors (Lipinski definition) is 3. The van der Waals surface area contributed by atoms with Gasteiger partial charge in [0, 0.05) is 6.54 Å². The smallest absolute Gasteiger partial charge is 0.179 e. The maximum absolute atomic E-state index is 12.1. The van der Waals surface area contributed by atoms with Crippen LogP contribution in [0.2, 0.25) is 8.67 Å². The molecule has 5 heteroatoms. The van der Waals surface area contributed by atoms with Gasteiger partial charge in [0.1, 0.15) is 4.34 Å². The van der Waals surface area contributed by atoms with Crippen LogP contribution in [0.25, 0.3) is 0 Å². The SMILES string of the molecule is CC(C)C1CCN(CC(=O)c2cc(Cl)sc2Cl)C1. The average molecular weight is 306 g/mol. The minimum atomic E-state index is 0.0764. The summed E-state index contributed by atoms with van der Waals surface area (Å²) in [6.07, 6.45) is 1.18. The Balaban J connectivity index is 1.95. The Bertz CT molecular complexity index is 444. The Hall–Kier alpha value is -0.0900. The number of rotatable bonds is 4. The monoisotopic (exact) mass is 305 g/mol. The first-order valence-corrected chi connectivity index (χ1v) is 7.75. The second kappa shape index (κ2) is 5.91. The van der Waals surface area contributed by atoms with Crippen LogP contribution in [0.15, 0.2) is 6.07 Å². The van der Waals surface area contributed by atoms with E-state index >= 15 is 0 Å². The van der Waals surface area contributed by atoms with Crippen LogP contribution in [-0.4, -0.2) is 30.3 Å². The summed E-state index contributed by atoms with van der Waals surface area (Å²) in [6, 6.07) is 1.67. The van der Waals surface area contributed by atoms with Gasteiger partial charge in [0.2, 0.25) is 0 Å². The molecule has 1 aliphatic heterocycles. The lowest BCUT2D eigenvalue weighted by atomic mass is 9.95. The molecule has 1 aromatic heterocycles. The Morgan fingerprint density at radius 1 is 1.56 bits per heavy atom. The van der Waals surface area contributed by atoms with Gasteiger partial charge in [-0.1, -0.05) is 37.0 Å². The Morgan fingerprint density at radius 3 is 2.78 bits per heavy atom. The summed E-state index contributed by atoms with van der Waals surface area (Å²) in [7, 11) is 0. The molecule has 1 atom stereocenters. The van der Waals surface area contributed by atoms with Gasteiger partial charge in [-0.05, 0) is 30.9 Å². The van der Waals surface area contributed by atoms with Crippen molar-refractivity contribution < 1.29 is 4.79 Å². The summed E-state index contributed by atoms with van der Waals surface area (Å²) in [5.41, 5.74) is 0.569. The van der Waals surface area contributed by atoms with E-state index < -0.39 is 0 Å². The number of Topliss-reactive ketones (excluding diaryl/α,β-unsaturated/α-hetero) is 1. The predicted molar refractivity (Wildman–Crippen MR) is 78.1 cm³/mol. The zero-order valence-electron chi connectivity index (χ0n) is 10.6. The minimum absolute atomic E-state index is 0.0764. The molecule has 0 bridgehead atoms. The average Bonchev–Trinajstić information content (AvgIpc) is 2.85. The van der Waals surface area contributed by atoms with Gasteiger partial charge >= 0.3 is 0 Å². The van der Waals surface area contributed by atoms with Crippen molar-refractivity contribution in [2.45, 2.75) is 20.3 Å². The van der Waals surface area contributed by atoms with Crippen LogP contribution < -0.4 is 0 Å². The highest BCUT2D eigenvalue weighted by Gasteiger charge is 2.27. The Labute approximate surface area is 122 Å². The number of likely N-dealkylation sites (tertiary alicyclic amines) is 1. The first-order valence-electron chi connectivity index (χ1n) is 6.17. The maximum Gasteiger partial charge on any atom is 0.179 e. The third kappa shape index (κ3) is 3.27. The molecule has 2 heterocycles. The fraction of sp³-hybridized carbons (Fsp3) is 0.615. The summed E-state index contributed by atoms with van der Waals surface area (Å²) in [5.74, 6) is 1.47. The lowest BCUT2D eigenvalue weighted by Gasteiger charge is -2.16. The van der Waals surface area contributed by atoms with Crippen LogP contribution in [0, 0.1) is 11.8 Å². The van der Waals surface area contributed by atoms with Crippen molar-refractivity contribution in [3.8, 4) is 0 Å². The molecule has 1 saturated heterocycles. The molecule has 0 radical (unpaired) electrons. The van der Waals surface area contributed by atoms with E-state index in [-0.39, 0.29) is 5.78 Å². The standard InChI is InChI=1S/C13H17Cl2NOS/c1-8(2)9-3-4-16(6-9)7-11(17)10-5-12(14)18-13(10)15/h5,8-9H,3-4,6-7H2,1-2H3. The Morgan fingerprint density at radius 2 is 2.28 bits per heavy atom. The van der Waals surface area contributed by atoms with Crippen LogP contribution in [0.5, 0.6) is 0 Å². The highest BCUT2D eigenvalue weighted by atomic mass is 35.5. The fourth-order valence-corrected chi connectivity index (χ4v) is 3.87. The normalized spacial score (nSPS) is 20.8. The van der Waals surface area contributed by atoms with Gasteiger partial charge in [-0.2, -0.15) is 0 Å². The van der Waals surface area contributed by atoms with Crippen molar-refractivity contribution in [3.63, 3.8) is 0 Å². The molecule has 2 nitrogen and oxygen atoms in total. The third-order valence-corrected chi connectivity index (χ3v) is 5.06. The lowest BCUT2D eigenvalue weighted by Crippen LogP contribution is -2.28. The van der Waals surface area contributed by atoms with E-state index in [0.29, 0.717) is 32.6 Å². The molecule has 18 heavy (non-hydrogen) atoms. The van der Waals surface area contributed by atoms with Crippen molar-refractivity contribution in [1.82, 2.24) is 4.90 Å². The molecule has 1 aliphatic rings. The van der Waals surface area contributed by atoms with Gasteiger partial charge in [0.05, 0.1) is 16.4 Å². The summed E-state index contributed by atoms with van der Waals surface area (Å²) in [6.45, 7) is 6.95. The molecule has 1 fully saturated rings. The van der Waals surface area contributed by atoms with Crippen molar-refractivity contribution in [1.29, 1.82) is 0 Å². The van der Waals surface area contributed by atoms with Crippen LogP contribution in [0.1, 0.15) is 30.6 Å². The van der Waals surface area contributed by atoms with Crippen molar-refractivity contribution in [2.75, 3.05) is 19.6 Å². The number of nitrogens with zero attached hydrogens (tertiary/aromatic N) is 1. The molecule has 0 saturated carbocycles. The molecule has 0 aromatic carbocycles. The van der Waals surface area contributed by atoms with E-state index in [4.69, 9.17) is 23.2 Å². The zero-order chi connectivity index (χ0) is 13.3. The van der Waals surface area contributed by atoms with Crippen molar-refractivity contribution in [2.24, 2.45) is 11.8 Å². The highest BCUT2D eigenvalue weighted by molar-refractivity contribution is 7.20. The van der Waals surface area contributed by atoms with Crippen LogP contribution in [0.3, 0.4) is 0 Å². The first-order chi connectivity index (χ1) is 8.47. The van der Waals surface area contributed by atoms with Crippen molar-refractivity contribution >= 4 is 40.3 Å². The quantitative estimate of drug-likeness (QED) is 0.776. The number of hydrogen-bond donors (Lipinski definition) is 0. The molecule has 0 amide bonds. The molecule has 0 N–H and O–H groups in total. The number of carbonyl (C=O) groups excluding carboxylic acids is 1. The van der Waals surface area contributed by atoms with Gasteiger partial charge in [-0.25, -0.2) is 0 Å². The van der Waals surface area contributed by atoms with E-state index in [1.807, 2.05) is 0 Å². The first kappa shape index (κ1) is 14.3. The molecule has 0 spiro atoms. The van der Waals surface area contributed by atoms with Crippen LogP contribution in [-0.2, 0) is 0 Å². The highest BCUT2D eigenvalue weighted by Crippen LogP contribution is 2.32. The van der Waals surface area contributed by atoms with E-state index in [9.17, 15) is 4.79 Å². The third-order valence-electron chi connectivity index (χ3n) is 3.58. The number of ketones is 1. The second-order valence-electron chi connectivity index (χ2n) is 5.19. The number of carbonyl (C=O) groups is 1. The van der Waals surface area contributed by atoms with Gasteiger partial charge in [-0.3, -0.25) is 9.69 Å². The molecule has 1 unspecified atom stereocenters. The zero-order valence-corrected chi connectivity index (χ0v) is 12.9. The molecule has 1 aromatic rings. The van der Waals surface area contributed by atoms with E-state index in [2.05, 4.69) is 18.7 Å². The largest absolute Gasteiger partial charge is 0.296 e. The summed E-state index contributed by atoms with van der Waals surface area (Å²) < 4.78 is 1.08. The summed E-state index contributed by atoms with van der Waals surface area (Å²) >= 11 is 13.1. The number of halogens is 2. The maximum atomic E-state index is 12.1. The van der Waals surface area contributed by atoms with Gasteiger partial charge in [0.15, 0.2) is 5.78 Å². The van der Waals surface area contributed by atoms with E-state index in [1.165, 1.54) is 17.8 Å². The topological polar surface area (TPSA) is 20.3 Å². The van der Waals surface area contributed by atoms with Gasteiger partial charge < -0.3 is 0 Å². The van der Waals surface area contributed by atoms with Crippen LogP contribution in [0.4, 0.5) is 0 Å². The van der Waals surface area contributed by atoms with E-state index in [0.717, 1.165) is 13.1 Å². The lowest BCUT2D eigenvalue weighted by molar-refractivity contribution is 0.0942. The summed E-state index contributed by atoms with van der Waals surface area (Å²) in [5, 5.41) is 0. The van der Waals surface area contributed by atoms with Crippen LogP contribution >= 0.6 is 34.5 Å². The van der Waals surface area contributed by atoms with Gasteiger partial charge in [0.25, 0.3) is 0 Å². The fourth-order valence-electron chi connectivity index (χ4n) is 2.37. The minimum Gasteiger partial charge on any atom is -0.296 e.